The topological polar surface area (TPSA) is 51.7 Å². The summed E-state index contributed by atoms with van der Waals surface area (Å²) in [6.45, 7) is 0.486. The first-order valence-corrected chi connectivity index (χ1v) is 8.30. The predicted octanol–water partition coefficient (Wildman–Crippen LogP) is 3.59. The Hall–Kier alpha value is -2.60. The number of amides is 1. The lowest BCUT2D eigenvalue weighted by Gasteiger charge is -2.18. The molecule has 6 heteroatoms. The molecule has 0 aliphatic rings. The number of carbonyl (C=O) groups is 1. The van der Waals surface area contributed by atoms with Gasteiger partial charge in [0.1, 0.15) is 0 Å². The number of rotatable bonds is 5. The predicted molar refractivity (Wildman–Crippen MR) is 95.0 cm³/mol. The molecule has 0 saturated heterocycles. The second-order valence-electron chi connectivity index (χ2n) is 5.39. The van der Waals surface area contributed by atoms with Gasteiger partial charge in [0.25, 0.3) is 5.91 Å². The van der Waals surface area contributed by atoms with Gasteiger partial charge in [-0.15, -0.1) is 11.3 Å². The largest absolute Gasteiger partial charge is 0.493 e. The minimum atomic E-state index is -0.0277. The van der Waals surface area contributed by atoms with Crippen LogP contribution < -0.4 is 9.47 Å². The quantitative estimate of drug-likeness (QED) is 0.711. The normalized spacial score (nSPS) is 10.6. The van der Waals surface area contributed by atoms with Crippen molar-refractivity contribution < 1.29 is 14.3 Å². The van der Waals surface area contributed by atoms with E-state index >= 15 is 0 Å². The average molecular weight is 342 g/mol. The Morgan fingerprint density at radius 3 is 2.67 bits per heavy atom. The maximum absolute atomic E-state index is 12.6. The van der Waals surface area contributed by atoms with Crippen LogP contribution in [0, 0.1) is 0 Å². The molecule has 2 aromatic carbocycles. The molecule has 0 unspecified atom stereocenters. The summed E-state index contributed by atoms with van der Waals surface area (Å²) in [5, 5.41) is 0. The summed E-state index contributed by atoms with van der Waals surface area (Å²) in [4.78, 5) is 18.6. The van der Waals surface area contributed by atoms with Gasteiger partial charge in [0.2, 0.25) is 0 Å². The van der Waals surface area contributed by atoms with E-state index in [2.05, 4.69) is 4.98 Å². The van der Waals surface area contributed by atoms with E-state index in [4.69, 9.17) is 9.47 Å². The van der Waals surface area contributed by atoms with Crippen LogP contribution in [0.25, 0.3) is 10.2 Å². The van der Waals surface area contributed by atoms with Crippen LogP contribution in [0.1, 0.15) is 15.9 Å². The first-order valence-electron chi connectivity index (χ1n) is 7.42. The average Bonchev–Trinajstić information content (AvgIpc) is 3.08. The molecule has 0 atom stereocenters. The van der Waals surface area contributed by atoms with Gasteiger partial charge < -0.3 is 14.4 Å². The van der Waals surface area contributed by atoms with Crippen molar-refractivity contribution in [3.8, 4) is 11.5 Å². The van der Waals surface area contributed by atoms with Crippen LogP contribution in [-0.4, -0.2) is 37.1 Å². The Balaban J connectivity index is 1.78. The monoisotopic (exact) mass is 342 g/mol. The smallest absolute Gasteiger partial charge is 0.253 e. The molecule has 0 radical (unpaired) electrons. The van der Waals surface area contributed by atoms with Gasteiger partial charge in [-0.2, -0.15) is 0 Å². The molecule has 5 nitrogen and oxygen atoms in total. The number of hydrogen-bond donors (Lipinski definition) is 0. The number of nitrogens with zero attached hydrogens (tertiary/aromatic N) is 2. The van der Waals surface area contributed by atoms with E-state index < -0.39 is 0 Å². The Bertz CT molecular complexity index is 876. The van der Waals surface area contributed by atoms with Crippen molar-refractivity contribution in [2.75, 3.05) is 21.3 Å². The number of hydrogen-bond acceptors (Lipinski definition) is 5. The first-order chi connectivity index (χ1) is 11.6. The van der Waals surface area contributed by atoms with Crippen molar-refractivity contribution in [3.63, 3.8) is 0 Å². The highest BCUT2D eigenvalue weighted by Gasteiger charge is 2.14. The molecule has 0 spiro atoms. The van der Waals surface area contributed by atoms with Gasteiger partial charge in [-0.25, -0.2) is 4.98 Å². The third-order valence-electron chi connectivity index (χ3n) is 3.79. The molecule has 1 heterocycles. The lowest BCUT2D eigenvalue weighted by molar-refractivity contribution is 0.0785. The number of benzene rings is 2. The van der Waals surface area contributed by atoms with Crippen LogP contribution in [-0.2, 0) is 6.54 Å². The fraction of sp³-hybridized carbons (Fsp3) is 0.222. The van der Waals surface area contributed by atoms with Gasteiger partial charge in [-0.05, 0) is 35.9 Å². The van der Waals surface area contributed by atoms with Crippen molar-refractivity contribution in [1.82, 2.24) is 9.88 Å². The summed E-state index contributed by atoms with van der Waals surface area (Å²) in [6.07, 6.45) is 0. The Morgan fingerprint density at radius 1 is 1.12 bits per heavy atom. The van der Waals surface area contributed by atoms with Gasteiger partial charge in [-0.3, -0.25) is 4.79 Å². The van der Waals surface area contributed by atoms with Crippen molar-refractivity contribution in [1.29, 1.82) is 0 Å². The molecule has 24 heavy (non-hydrogen) atoms. The number of carbonyl (C=O) groups excluding carboxylic acids is 1. The molecule has 0 N–H and O–H groups in total. The second kappa shape index (κ2) is 6.88. The van der Waals surface area contributed by atoms with Crippen LogP contribution in [0.2, 0.25) is 0 Å². The third-order valence-corrected chi connectivity index (χ3v) is 4.58. The number of ether oxygens (including phenoxy) is 2. The van der Waals surface area contributed by atoms with E-state index in [-0.39, 0.29) is 5.91 Å². The highest BCUT2D eigenvalue weighted by atomic mass is 32.1. The Morgan fingerprint density at radius 2 is 1.92 bits per heavy atom. The highest BCUT2D eigenvalue weighted by Crippen LogP contribution is 2.28. The van der Waals surface area contributed by atoms with Gasteiger partial charge in [-0.1, -0.05) is 6.07 Å². The minimum Gasteiger partial charge on any atom is -0.493 e. The summed E-state index contributed by atoms with van der Waals surface area (Å²) in [7, 11) is 4.99. The molecule has 0 bridgehead atoms. The Labute approximate surface area is 144 Å². The zero-order chi connectivity index (χ0) is 17.1. The summed E-state index contributed by atoms with van der Waals surface area (Å²) < 4.78 is 11.6. The summed E-state index contributed by atoms with van der Waals surface area (Å²) >= 11 is 1.53. The van der Waals surface area contributed by atoms with Crippen LogP contribution in [0.5, 0.6) is 11.5 Å². The lowest BCUT2D eigenvalue weighted by atomic mass is 10.1. The number of methoxy groups -OCH3 is 2. The van der Waals surface area contributed by atoms with Crippen LogP contribution in [0.15, 0.2) is 41.9 Å². The second-order valence-corrected chi connectivity index (χ2v) is 6.27. The fourth-order valence-corrected chi connectivity index (χ4v) is 3.25. The summed E-state index contributed by atoms with van der Waals surface area (Å²) in [6, 6.07) is 11.2. The van der Waals surface area contributed by atoms with Gasteiger partial charge >= 0.3 is 0 Å². The molecular formula is C18H18N2O3S. The van der Waals surface area contributed by atoms with E-state index in [0.717, 1.165) is 15.8 Å². The number of aromatic nitrogens is 1. The third kappa shape index (κ3) is 3.19. The molecule has 0 aliphatic carbocycles. The van der Waals surface area contributed by atoms with E-state index in [1.165, 1.54) is 11.3 Å². The van der Waals surface area contributed by atoms with Crippen molar-refractivity contribution in [2.24, 2.45) is 0 Å². The lowest BCUT2D eigenvalue weighted by Crippen LogP contribution is -2.26. The molecular weight excluding hydrogens is 324 g/mol. The van der Waals surface area contributed by atoms with Crippen molar-refractivity contribution in [3.05, 3.63) is 53.0 Å². The SMILES string of the molecule is COc1ccc(CN(C)C(=O)c2ccc3ncsc3c2)cc1OC. The van der Waals surface area contributed by atoms with Crippen LogP contribution in [0.4, 0.5) is 0 Å². The molecule has 124 valence electrons. The molecule has 1 aromatic heterocycles. The maximum atomic E-state index is 12.6. The zero-order valence-electron chi connectivity index (χ0n) is 13.8. The van der Waals surface area contributed by atoms with Crippen LogP contribution in [0.3, 0.4) is 0 Å². The highest BCUT2D eigenvalue weighted by molar-refractivity contribution is 7.16. The standard InChI is InChI=1S/C18H18N2O3S/c1-20(10-12-4-7-15(22-2)16(8-12)23-3)18(21)13-5-6-14-17(9-13)24-11-19-14/h4-9,11H,10H2,1-3H3. The van der Waals surface area contributed by atoms with E-state index in [1.54, 1.807) is 31.7 Å². The molecule has 0 aliphatic heterocycles. The summed E-state index contributed by atoms with van der Waals surface area (Å²) in [5.74, 6) is 1.30. The maximum Gasteiger partial charge on any atom is 0.253 e. The van der Waals surface area contributed by atoms with E-state index in [0.29, 0.717) is 23.6 Å². The fourth-order valence-electron chi connectivity index (χ4n) is 2.53. The van der Waals surface area contributed by atoms with Crippen molar-refractivity contribution >= 4 is 27.5 Å². The Kier molecular flexibility index (Phi) is 4.66. The number of thiazole rings is 1. The molecule has 3 aromatic rings. The molecule has 0 saturated carbocycles. The van der Waals surface area contributed by atoms with E-state index in [9.17, 15) is 4.79 Å². The molecule has 3 rings (SSSR count). The molecule has 0 fully saturated rings. The minimum absolute atomic E-state index is 0.0277. The number of fused-ring (bicyclic) bond motifs is 1. The first kappa shape index (κ1) is 16.3. The molecule has 1 amide bonds. The summed E-state index contributed by atoms with van der Waals surface area (Å²) in [5.41, 5.74) is 4.34. The van der Waals surface area contributed by atoms with Gasteiger partial charge in [0, 0.05) is 19.2 Å². The van der Waals surface area contributed by atoms with Crippen molar-refractivity contribution in [2.45, 2.75) is 6.54 Å². The van der Waals surface area contributed by atoms with Crippen LogP contribution >= 0.6 is 11.3 Å². The van der Waals surface area contributed by atoms with Gasteiger partial charge in [0.05, 0.1) is 29.9 Å². The van der Waals surface area contributed by atoms with Gasteiger partial charge in [0.15, 0.2) is 11.5 Å². The van der Waals surface area contributed by atoms with E-state index in [1.807, 2.05) is 36.4 Å². The zero-order valence-corrected chi connectivity index (χ0v) is 14.6.